The maximum atomic E-state index is 11.6. The molecule has 1 aromatic rings. The number of aliphatic hydroxyl groups is 1. The Morgan fingerprint density at radius 1 is 1.18 bits per heavy atom. The van der Waals surface area contributed by atoms with E-state index in [2.05, 4.69) is 4.72 Å². The Morgan fingerprint density at radius 3 is 2.35 bits per heavy atom. The van der Waals surface area contributed by atoms with E-state index in [0.29, 0.717) is 25.1 Å². The molecule has 0 amide bonds. The standard InChI is InChI=1S/C11H18N2O3S/c12-7-1-2-8-17(15,16)13-11-5-3-10(9-14)4-6-11/h3-6,13-14H,1-2,7-9,12H2. The third kappa shape index (κ3) is 5.16. The zero-order chi connectivity index (χ0) is 12.7. The summed E-state index contributed by atoms with van der Waals surface area (Å²) in [5.41, 5.74) is 6.56. The summed E-state index contributed by atoms with van der Waals surface area (Å²) in [6.45, 7) is 0.449. The molecule has 1 rings (SSSR count). The van der Waals surface area contributed by atoms with E-state index in [0.717, 1.165) is 5.56 Å². The fraction of sp³-hybridized carbons (Fsp3) is 0.455. The summed E-state index contributed by atoms with van der Waals surface area (Å²) < 4.78 is 25.7. The van der Waals surface area contributed by atoms with Gasteiger partial charge in [0, 0.05) is 5.69 Å². The Hall–Kier alpha value is -1.11. The van der Waals surface area contributed by atoms with Gasteiger partial charge in [0.05, 0.1) is 12.4 Å². The van der Waals surface area contributed by atoms with Crippen LogP contribution in [0.15, 0.2) is 24.3 Å². The highest BCUT2D eigenvalue weighted by Crippen LogP contribution is 2.12. The van der Waals surface area contributed by atoms with Crippen LogP contribution >= 0.6 is 0 Å². The lowest BCUT2D eigenvalue weighted by Gasteiger charge is -2.08. The smallest absolute Gasteiger partial charge is 0.232 e. The van der Waals surface area contributed by atoms with E-state index in [1.807, 2.05) is 0 Å². The molecule has 0 radical (unpaired) electrons. The van der Waals surface area contributed by atoms with E-state index >= 15 is 0 Å². The molecule has 0 aliphatic rings. The first-order valence-electron chi connectivity index (χ1n) is 5.48. The molecule has 1 aromatic carbocycles. The van der Waals surface area contributed by atoms with Crippen molar-refractivity contribution in [2.45, 2.75) is 19.4 Å². The molecule has 96 valence electrons. The molecular formula is C11H18N2O3S. The Balaban J connectivity index is 2.56. The molecule has 0 atom stereocenters. The van der Waals surface area contributed by atoms with Crippen molar-refractivity contribution in [1.29, 1.82) is 0 Å². The SMILES string of the molecule is NCCCCS(=O)(=O)Nc1ccc(CO)cc1. The second kappa shape index (κ2) is 6.58. The summed E-state index contributed by atoms with van der Waals surface area (Å²) in [7, 11) is -3.29. The molecule has 0 heterocycles. The van der Waals surface area contributed by atoms with E-state index in [1.54, 1.807) is 24.3 Å². The number of aliphatic hydroxyl groups excluding tert-OH is 1. The summed E-state index contributed by atoms with van der Waals surface area (Å²) >= 11 is 0. The summed E-state index contributed by atoms with van der Waals surface area (Å²) in [5, 5.41) is 8.85. The predicted molar refractivity (Wildman–Crippen MR) is 68.1 cm³/mol. The van der Waals surface area contributed by atoms with Gasteiger partial charge >= 0.3 is 0 Å². The van der Waals surface area contributed by atoms with Crippen molar-refractivity contribution in [2.75, 3.05) is 17.0 Å². The second-order valence-corrected chi connectivity index (χ2v) is 5.61. The fourth-order valence-electron chi connectivity index (χ4n) is 1.35. The molecule has 0 saturated heterocycles. The zero-order valence-corrected chi connectivity index (χ0v) is 10.4. The van der Waals surface area contributed by atoms with Gasteiger partial charge < -0.3 is 10.8 Å². The minimum Gasteiger partial charge on any atom is -0.392 e. The molecule has 17 heavy (non-hydrogen) atoms. The molecule has 4 N–H and O–H groups in total. The highest BCUT2D eigenvalue weighted by molar-refractivity contribution is 7.92. The number of nitrogens with one attached hydrogen (secondary N) is 1. The number of benzene rings is 1. The minimum atomic E-state index is -3.29. The first-order valence-corrected chi connectivity index (χ1v) is 7.13. The number of hydrogen-bond acceptors (Lipinski definition) is 4. The van der Waals surface area contributed by atoms with Gasteiger partial charge in [-0.3, -0.25) is 4.72 Å². The third-order valence-corrected chi connectivity index (χ3v) is 3.65. The average Bonchev–Trinajstić information content (AvgIpc) is 2.30. The monoisotopic (exact) mass is 258 g/mol. The molecule has 0 unspecified atom stereocenters. The minimum absolute atomic E-state index is 0.0521. The summed E-state index contributed by atoms with van der Waals surface area (Å²) in [6, 6.07) is 6.62. The molecule has 5 nitrogen and oxygen atoms in total. The number of nitrogens with two attached hydrogens (primary N) is 1. The summed E-state index contributed by atoms with van der Waals surface area (Å²) in [4.78, 5) is 0. The van der Waals surface area contributed by atoms with E-state index in [4.69, 9.17) is 10.8 Å². The molecule has 0 aliphatic carbocycles. The van der Waals surface area contributed by atoms with Gasteiger partial charge in [0.25, 0.3) is 0 Å². The van der Waals surface area contributed by atoms with Crippen LogP contribution in [-0.2, 0) is 16.6 Å². The van der Waals surface area contributed by atoms with Crippen molar-refractivity contribution >= 4 is 15.7 Å². The molecule has 0 aromatic heterocycles. The number of hydrogen-bond donors (Lipinski definition) is 3. The predicted octanol–water partition coefficient (Wildman–Crippen LogP) is 0.659. The van der Waals surface area contributed by atoms with Gasteiger partial charge in [-0.2, -0.15) is 0 Å². The molecule has 6 heteroatoms. The van der Waals surface area contributed by atoms with Gasteiger partial charge in [-0.05, 0) is 37.1 Å². The lowest BCUT2D eigenvalue weighted by atomic mass is 10.2. The number of unbranched alkanes of at least 4 members (excludes halogenated alkanes) is 1. The highest BCUT2D eigenvalue weighted by atomic mass is 32.2. The molecule has 0 bridgehead atoms. The maximum Gasteiger partial charge on any atom is 0.232 e. The topological polar surface area (TPSA) is 92.4 Å². The summed E-state index contributed by atoms with van der Waals surface area (Å²) in [6.07, 6.45) is 1.25. The van der Waals surface area contributed by atoms with E-state index in [-0.39, 0.29) is 12.4 Å². The first-order chi connectivity index (χ1) is 8.07. The van der Waals surface area contributed by atoms with Gasteiger partial charge in [-0.25, -0.2) is 8.42 Å². The van der Waals surface area contributed by atoms with Crippen LogP contribution in [0.2, 0.25) is 0 Å². The quantitative estimate of drug-likeness (QED) is 0.626. The van der Waals surface area contributed by atoms with Crippen LogP contribution in [0.25, 0.3) is 0 Å². The largest absolute Gasteiger partial charge is 0.392 e. The van der Waals surface area contributed by atoms with E-state index < -0.39 is 10.0 Å². The summed E-state index contributed by atoms with van der Waals surface area (Å²) in [5.74, 6) is 0.0753. The lowest BCUT2D eigenvalue weighted by Crippen LogP contribution is -2.17. The van der Waals surface area contributed by atoms with Crippen molar-refractivity contribution in [3.8, 4) is 0 Å². The van der Waals surface area contributed by atoms with Crippen LogP contribution < -0.4 is 10.5 Å². The van der Waals surface area contributed by atoms with Gasteiger partial charge in [0.2, 0.25) is 10.0 Å². The van der Waals surface area contributed by atoms with Gasteiger partial charge in [-0.1, -0.05) is 12.1 Å². The Bertz CT molecular complexity index is 429. The number of rotatable bonds is 7. The Labute approximate surface area is 102 Å². The van der Waals surface area contributed by atoms with Crippen LogP contribution in [0, 0.1) is 0 Å². The van der Waals surface area contributed by atoms with Crippen LogP contribution in [0.1, 0.15) is 18.4 Å². The first kappa shape index (κ1) is 14.0. The van der Waals surface area contributed by atoms with Gasteiger partial charge in [0.1, 0.15) is 0 Å². The van der Waals surface area contributed by atoms with Crippen molar-refractivity contribution in [3.05, 3.63) is 29.8 Å². The van der Waals surface area contributed by atoms with E-state index in [9.17, 15) is 8.42 Å². The van der Waals surface area contributed by atoms with Crippen molar-refractivity contribution < 1.29 is 13.5 Å². The molecule has 0 aliphatic heterocycles. The van der Waals surface area contributed by atoms with E-state index in [1.165, 1.54) is 0 Å². The molecule has 0 spiro atoms. The highest BCUT2D eigenvalue weighted by Gasteiger charge is 2.09. The Kier molecular flexibility index (Phi) is 5.40. The number of anilines is 1. The van der Waals surface area contributed by atoms with Gasteiger partial charge in [-0.15, -0.1) is 0 Å². The zero-order valence-electron chi connectivity index (χ0n) is 9.59. The molecular weight excluding hydrogens is 240 g/mol. The van der Waals surface area contributed by atoms with Crippen LogP contribution in [0.5, 0.6) is 0 Å². The Morgan fingerprint density at radius 2 is 1.82 bits per heavy atom. The third-order valence-electron chi connectivity index (χ3n) is 2.28. The van der Waals surface area contributed by atoms with Crippen molar-refractivity contribution in [1.82, 2.24) is 0 Å². The van der Waals surface area contributed by atoms with Crippen LogP contribution in [0.4, 0.5) is 5.69 Å². The normalized spacial score (nSPS) is 11.4. The van der Waals surface area contributed by atoms with Gasteiger partial charge in [0.15, 0.2) is 0 Å². The maximum absolute atomic E-state index is 11.6. The van der Waals surface area contributed by atoms with Crippen LogP contribution in [0.3, 0.4) is 0 Å². The molecule has 0 fully saturated rings. The van der Waals surface area contributed by atoms with Crippen molar-refractivity contribution in [3.63, 3.8) is 0 Å². The fourth-order valence-corrected chi connectivity index (χ4v) is 2.53. The molecule has 0 saturated carbocycles. The average molecular weight is 258 g/mol. The number of sulfonamides is 1. The lowest BCUT2D eigenvalue weighted by molar-refractivity contribution is 0.282. The second-order valence-electron chi connectivity index (χ2n) is 3.77. The van der Waals surface area contributed by atoms with Crippen molar-refractivity contribution in [2.24, 2.45) is 5.73 Å². The van der Waals surface area contributed by atoms with Crippen LogP contribution in [-0.4, -0.2) is 25.8 Å².